The predicted octanol–water partition coefficient (Wildman–Crippen LogP) is 7.69. The maximum absolute atomic E-state index is 11.0. The smallest absolute Gasteiger partial charge is 0.120 e. The minimum atomic E-state index is 0. The van der Waals surface area contributed by atoms with Gasteiger partial charge in [-0.25, -0.2) is 0 Å². The van der Waals surface area contributed by atoms with Gasteiger partial charge in [-0.2, -0.15) is 0 Å². The minimum absolute atomic E-state index is 0. The van der Waals surface area contributed by atoms with Crippen molar-refractivity contribution < 1.29 is 4.79 Å². The standard InChI is InChI=1S/C21H30O.C2H6.C2H2.CH4/c1-16-6-3-4-7-17(16)9-10-18-8-5-14-21(2)19(13-15-22)11-12-20(18)21;2*1-2;/h9-10,15,19-20H,1,3-8,11-14H2,2H3;1-2H3;1-2H;1H4/b17-9-,18-10+;;;/t19-,20+,21-;;;/m1.../s1. The molecule has 3 aliphatic rings. The van der Waals surface area contributed by atoms with Crippen LogP contribution in [0.5, 0.6) is 0 Å². The molecule has 0 aliphatic heterocycles. The number of terminal acetylenes is 1. The molecule has 1 heteroatoms. The maximum atomic E-state index is 11.0. The van der Waals surface area contributed by atoms with E-state index in [1.54, 1.807) is 5.57 Å². The second-order valence-corrected chi connectivity index (χ2v) is 7.83. The summed E-state index contributed by atoms with van der Waals surface area (Å²) in [6.45, 7) is 10.7. The zero-order chi connectivity index (χ0) is 19.6. The molecule has 3 atom stereocenters. The summed E-state index contributed by atoms with van der Waals surface area (Å²) in [5.41, 5.74) is 4.85. The number of rotatable bonds is 3. The van der Waals surface area contributed by atoms with Gasteiger partial charge >= 0.3 is 0 Å². The quantitative estimate of drug-likeness (QED) is 0.367. The summed E-state index contributed by atoms with van der Waals surface area (Å²) in [4.78, 5) is 11.0. The molecule has 0 spiro atoms. The van der Waals surface area contributed by atoms with Gasteiger partial charge in [0, 0.05) is 6.42 Å². The average Bonchev–Trinajstić information content (AvgIpc) is 3.02. The first-order valence-electron chi connectivity index (χ1n) is 10.5. The molecule has 0 aromatic heterocycles. The average molecular weight is 371 g/mol. The Kier molecular flexibility index (Phi) is 12.0. The number of allylic oxidation sites excluding steroid dienone is 5. The molecule has 0 radical (unpaired) electrons. The first-order chi connectivity index (χ1) is 12.6. The molecule has 3 saturated carbocycles. The topological polar surface area (TPSA) is 17.1 Å². The highest BCUT2D eigenvalue weighted by atomic mass is 16.1. The van der Waals surface area contributed by atoms with Crippen molar-refractivity contribution in [3.8, 4) is 12.8 Å². The van der Waals surface area contributed by atoms with E-state index in [2.05, 4.69) is 38.5 Å². The van der Waals surface area contributed by atoms with Crippen LogP contribution in [-0.2, 0) is 4.79 Å². The van der Waals surface area contributed by atoms with Gasteiger partial charge in [0.2, 0.25) is 0 Å². The molecular formula is C26H42O. The van der Waals surface area contributed by atoms with Crippen LogP contribution in [-0.4, -0.2) is 6.29 Å². The summed E-state index contributed by atoms with van der Waals surface area (Å²) in [6.07, 6.45) is 26.1. The Morgan fingerprint density at radius 2 is 1.74 bits per heavy atom. The van der Waals surface area contributed by atoms with Gasteiger partial charge in [-0.05, 0) is 80.6 Å². The number of hydrogen-bond acceptors (Lipinski definition) is 1. The van der Waals surface area contributed by atoms with Crippen molar-refractivity contribution in [1.29, 1.82) is 0 Å². The second kappa shape index (κ2) is 12.8. The first kappa shape index (κ1) is 25.4. The molecule has 3 fully saturated rings. The van der Waals surface area contributed by atoms with Crippen molar-refractivity contribution in [3.05, 3.63) is 35.5 Å². The number of fused-ring (bicyclic) bond motifs is 1. The predicted molar refractivity (Wildman–Crippen MR) is 121 cm³/mol. The number of aldehydes is 1. The molecule has 0 unspecified atom stereocenters. The van der Waals surface area contributed by atoms with Gasteiger partial charge in [-0.1, -0.05) is 58.1 Å². The lowest BCUT2D eigenvalue weighted by atomic mass is 9.63. The van der Waals surface area contributed by atoms with Crippen molar-refractivity contribution >= 4 is 6.29 Å². The van der Waals surface area contributed by atoms with E-state index in [1.165, 1.54) is 68.9 Å². The highest BCUT2D eigenvalue weighted by Gasteiger charge is 2.48. The summed E-state index contributed by atoms with van der Waals surface area (Å²) in [5, 5.41) is 0. The minimum Gasteiger partial charge on any atom is -0.303 e. The van der Waals surface area contributed by atoms with Crippen LogP contribution >= 0.6 is 0 Å². The van der Waals surface area contributed by atoms with Crippen molar-refractivity contribution in [1.82, 2.24) is 0 Å². The van der Waals surface area contributed by atoms with Crippen molar-refractivity contribution in [3.63, 3.8) is 0 Å². The zero-order valence-corrected chi connectivity index (χ0v) is 17.2. The fourth-order valence-electron chi connectivity index (χ4n) is 5.25. The second-order valence-electron chi connectivity index (χ2n) is 7.83. The summed E-state index contributed by atoms with van der Waals surface area (Å²) in [7, 11) is 0. The van der Waals surface area contributed by atoms with Crippen LogP contribution in [0.1, 0.15) is 92.4 Å². The molecule has 0 aromatic rings. The van der Waals surface area contributed by atoms with Crippen molar-refractivity contribution in [2.24, 2.45) is 17.3 Å². The number of carbonyl (C=O) groups is 1. The van der Waals surface area contributed by atoms with E-state index in [1.807, 2.05) is 13.8 Å². The summed E-state index contributed by atoms with van der Waals surface area (Å²) >= 11 is 0. The van der Waals surface area contributed by atoms with E-state index in [4.69, 9.17) is 0 Å². The van der Waals surface area contributed by atoms with Crippen LogP contribution in [0.25, 0.3) is 0 Å². The van der Waals surface area contributed by atoms with E-state index in [9.17, 15) is 4.79 Å². The van der Waals surface area contributed by atoms with E-state index in [0.717, 1.165) is 12.7 Å². The van der Waals surface area contributed by atoms with Gasteiger partial charge in [0.15, 0.2) is 0 Å². The third kappa shape index (κ3) is 5.97. The van der Waals surface area contributed by atoms with Gasteiger partial charge in [-0.15, -0.1) is 12.8 Å². The highest BCUT2D eigenvalue weighted by molar-refractivity contribution is 5.50. The van der Waals surface area contributed by atoms with Crippen LogP contribution in [0.15, 0.2) is 35.5 Å². The van der Waals surface area contributed by atoms with E-state index in [0.29, 0.717) is 17.3 Å². The monoisotopic (exact) mass is 370 g/mol. The molecule has 152 valence electrons. The molecule has 0 amide bonds. The molecule has 3 rings (SSSR count). The Morgan fingerprint density at radius 1 is 1.07 bits per heavy atom. The fraction of sp³-hybridized carbons (Fsp3) is 0.654. The SMILES string of the molecule is C.C#C.C=C1CCCC/C1=C/C=C1\CCC[C@]2(C)[C@@H](CC=O)CC[C@@H]12.CC. The van der Waals surface area contributed by atoms with Crippen LogP contribution < -0.4 is 0 Å². The Bertz CT molecular complexity index is 548. The van der Waals surface area contributed by atoms with Gasteiger partial charge in [-0.3, -0.25) is 0 Å². The largest absolute Gasteiger partial charge is 0.303 e. The van der Waals surface area contributed by atoms with Crippen LogP contribution in [0.4, 0.5) is 0 Å². The molecule has 0 aromatic carbocycles. The lowest BCUT2D eigenvalue weighted by Gasteiger charge is -2.42. The fourth-order valence-corrected chi connectivity index (χ4v) is 5.25. The van der Waals surface area contributed by atoms with Crippen LogP contribution in [0.3, 0.4) is 0 Å². The van der Waals surface area contributed by atoms with Gasteiger partial charge in [0.25, 0.3) is 0 Å². The van der Waals surface area contributed by atoms with E-state index < -0.39 is 0 Å². The molecule has 3 aliphatic carbocycles. The summed E-state index contributed by atoms with van der Waals surface area (Å²) in [6, 6.07) is 0. The van der Waals surface area contributed by atoms with Crippen molar-refractivity contribution in [2.75, 3.05) is 0 Å². The third-order valence-electron chi connectivity index (χ3n) is 6.67. The molecular weight excluding hydrogens is 328 g/mol. The first-order valence-corrected chi connectivity index (χ1v) is 10.5. The van der Waals surface area contributed by atoms with Crippen LogP contribution in [0.2, 0.25) is 0 Å². The third-order valence-corrected chi connectivity index (χ3v) is 6.67. The molecule has 1 nitrogen and oxygen atoms in total. The Labute approximate surface area is 169 Å². The Hall–Kier alpha value is -1.55. The highest BCUT2D eigenvalue weighted by Crippen LogP contribution is 2.58. The van der Waals surface area contributed by atoms with Gasteiger partial charge < -0.3 is 4.79 Å². The maximum Gasteiger partial charge on any atom is 0.120 e. The van der Waals surface area contributed by atoms with E-state index in [-0.39, 0.29) is 7.43 Å². The van der Waals surface area contributed by atoms with Gasteiger partial charge in [0.1, 0.15) is 6.29 Å². The Morgan fingerprint density at radius 3 is 2.37 bits per heavy atom. The lowest BCUT2D eigenvalue weighted by Crippen LogP contribution is -2.33. The van der Waals surface area contributed by atoms with Gasteiger partial charge in [0.05, 0.1) is 0 Å². The molecule has 27 heavy (non-hydrogen) atoms. The number of carbonyl (C=O) groups excluding carboxylic acids is 1. The summed E-state index contributed by atoms with van der Waals surface area (Å²) in [5.74, 6) is 1.32. The number of hydrogen-bond donors (Lipinski definition) is 0. The van der Waals surface area contributed by atoms with E-state index >= 15 is 0 Å². The molecule has 0 bridgehead atoms. The molecule has 0 N–H and O–H groups in total. The lowest BCUT2D eigenvalue weighted by molar-refractivity contribution is -0.109. The van der Waals surface area contributed by atoms with Crippen molar-refractivity contribution in [2.45, 2.75) is 92.4 Å². The summed E-state index contributed by atoms with van der Waals surface area (Å²) < 4.78 is 0. The zero-order valence-electron chi connectivity index (χ0n) is 17.2. The Balaban J connectivity index is 0.00000127. The van der Waals surface area contributed by atoms with Crippen LogP contribution in [0, 0.1) is 30.1 Å². The molecule has 0 saturated heterocycles. The normalized spacial score (nSPS) is 32.3. The molecule has 0 heterocycles.